The Labute approximate surface area is 258 Å². The summed E-state index contributed by atoms with van der Waals surface area (Å²) in [5.74, 6) is 0.536. The van der Waals surface area contributed by atoms with Gasteiger partial charge in [-0.05, 0) is 72.7 Å². The van der Waals surface area contributed by atoms with E-state index in [9.17, 15) is 14.4 Å². The number of amides is 2. The topological polar surface area (TPSA) is 103 Å². The normalized spacial score (nSPS) is 13.9. The van der Waals surface area contributed by atoms with E-state index in [1.807, 2.05) is 36.4 Å². The quantitative estimate of drug-likeness (QED) is 0.149. The average Bonchev–Trinajstić information content (AvgIpc) is 3.40. The molecule has 3 aromatic carbocycles. The molecule has 222 valence electrons. The zero-order valence-electron chi connectivity index (χ0n) is 24.1. The van der Waals surface area contributed by atoms with Crippen molar-refractivity contribution >= 4 is 51.6 Å². The summed E-state index contributed by atoms with van der Waals surface area (Å²) in [5.41, 5.74) is 3.74. The van der Waals surface area contributed by atoms with E-state index < -0.39 is 5.97 Å². The summed E-state index contributed by atoms with van der Waals surface area (Å²) < 4.78 is 15.6. The lowest BCUT2D eigenvalue weighted by Crippen LogP contribution is -2.17. The number of ether oxygens (including phenoxy) is 3. The van der Waals surface area contributed by atoms with Crippen LogP contribution in [0, 0.1) is 0 Å². The summed E-state index contributed by atoms with van der Waals surface area (Å²) in [4.78, 5) is 40.6. The Hall–Kier alpha value is -4.28. The molecule has 1 aliphatic carbocycles. The molecule has 0 spiro atoms. The molecule has 1 heterocycles. The van der Waals surface area contributed by atoms with Gasteiger partial charge < -0.3 is 24.8 Å². The van der Waals surface area contributed by atoms with E-state index in [1.165, 1.54) is 50.0 Å². The molecule has 1 aromatic heterocycles. The van der Waals surface area contributed by atoms with Crippen LogP contribution in [0.5, 0.6) is 11.5 Å². The Bertz CT molecular complexity index is 1640. The maximum atomic E-state index is 13.0. The van der Waals surface area contributed by atoms with E-state index in [1.54, 1.807) is 24.3 Å². The van der Waals surface area contributed by atoms with E-state index >= 15 is 0 Å². The second-order valence-electron chi connectivity index (χ2n) is 9.94. The van der Waals surface area contributed by atoms with E-state index in [-0.39, 0.29) is 17.6 Å². The Morgan fingerprint density at radius 3 is 2.44 bits per heavy atom. The zero-order valence-corrected chi connectivity index (χ0v) is 25.7. The van der Waals surface area contributed by atoms with Gasteiger partial charge in [-0.15, -0.1) is 23.1 Å². The fraction of sp³-hybridized carbons (Fsp3) is 0.242. The van der Waals surface area contributed by atoms with Crippen molar-refractivity contribution in [3.63, 3.8) is 0 Å². The van der Waals surface area contributed by atoms with Gasteiger partial charge in [-0.1, -0.05) is 36.4 Å². The number of carbonyl (C=O) groups is 3. The minimum atomic E-state index is -0.434. The highest BCUT2D eigenvalue weighted by Gasteiger charge is 2.30. The maximum Gasteiger partial charge on any atom is 0.341 e. The molecule has 0 aliphatic heterocycles. The third-order valence-electron chi connectivity index (χ3n) is 7.29. The second kappa shape index (κ2) is 13.8. The molecule has 5 rings (SSSR count). The van der Waals surface area contributed by atoms with Crippen LogP contribution < -0.4 is 20.1 Å². The van der Waals surface area contributed by atoms with E-state index in [2.05, 4.69) is 22.8 Å². The van der Waals surface area contributed by atoms with Crippen molar-refractivity contribution in [2.24, 2.45) is 0 Å². The largest absolute Gasteiger partial charge is 0.493 e. The predicted molar refractivity (Wildman–Crippen MR) is 170 cm³/mol. The number of hydrogen-bond acceptors (Lipinski definition) is 8. The van der Waals surface area contributed by atoms with Crippen molar-refractivity contribution in [2.45, 2.75) is 30.1 Å². The highest BCUT2D eigenvalue weighted by atomic mass is 32.2. The monoisotopic (exact) mass is 616 g/mol. The first kappa shape index (κ1) is 30.2. The number of benzene rings is 3. The van der Waals surface area contributed by atoms with Crippen molar-refractivity contribution in [1.82, 2.24) is 0 Å². The average molecular weight is 617 g/mol. The van der Waals surface area contributed by atoms with Crippen LogP contribution in [0.3, 0.4) is 0 Å². The van der Waals surface area contributed by atoms with Crippen molar-refractivity contribution < 1.29 is 28.6 Å². The molecule has 8 nitrogen and oxygen atoms in total. The molecule has 1 unspecified atom stereocenters. The summed E-state index contributed by atoms with van der Waals surface area (Å²) in [6, 6.07) is 22.6. The van der Waals surface area contributed by atoms with Crippen molar-refractivity contribution in [1.29, 1.82) is 0 Å². The molecule has 0 saturated carbocycles. The zero-order chi connectivity index (χ0) is 30.3. The van der Waals surface area contributed by atoms with Crippen molar-refractivity contribution in [3.05, 3.63) is 99.9 Å². The summed E-state index contributed by atoms with van der Waals surface area (Å²) in [6.07, 6.45) is 2.50. The smallest absolute Gasteiger partial charge is 0.341 e. The van der Waals surface area contributed by atoms with Gasteiger partial charge in [0.25, 0.3) is 5.91 Å². The Morgan fingerprint density at radius 2 is 1.70 bits per heavy atom. The predicted octanol–water partition coefficient (Wildman–Crippen LogP) is 6.81. The first-order chi connectivity index (χ1) is 20.9. The summed E-state index contributed by atoms with van der Waals surface area (Å²) in [6.45, 7) is 0. The van der Waals surface area contributed by atoms with E-state index in [4.69, 9.17) is 14.2 Å². The Kier molecular flexibility index (Phi) is 9.68. The van der Waals surface area contributed by atoms with Crippen LogP contribution in [0.2, 0.25) is 0 Å². The Balaban J connectivity index is 1.23. The minimum Gasteiger partial charge on any atom is -0.493 e. The molecule has 4 aromatic rings. The first-order valence-electron chi connectivity index (χ1n) is 13.7. The molecule has 1 atom stereocenters. The second-order valence-corrected chi connectivity index (χ2v) is 12.1. The molecule has 0 fully saturated rings. The number of carbonyl (C=O) groups excluding carboxylic acids is 3. The lowest BCUT2D eigenvalue weighted by Gasteiger charge is -2.22. The van der Waals surface area contributed by atoms with Crippen molar-refractivity contribution in [2.75, 3.05) is 37.7 Å². The van der Waals surface area contributed by atoms with Gasteiger partial charge in [0, 0.05) is 21.0 Å². The number of nitrogens with one attached hydrogen (secondary N) is 2. The minimum absolute atomic E-state index is 0.128. The van der Waals surface area contributed by atoms with Gasteiger partial charge in [-0.3, -0.25) is 9.59 Å². The number of esters is 1. The third-order valence-corrected chi connectivity index (χ3v) is 9.45. The number of thioether (sulfide) groups is 1. The number of rotatable bonds is 10. The standard InChI is InChI=1S/C33H32N2O6S2/c1-39-26-15-13-22(16-27(26)40-2)31(37)34-23-10-7-11-24(18-23)42-19-29(36)35-32-30(33(38)41-3)25-14-12-21(17-28(25)43-32)20-8-5-4-6-9-20/h4-11,13,15-16,18,21H,12,14,17,19H2,1-3H3,(H,34,37)(H,35,36). The lowest BCUT2D eigenvalue weighted by molar-refractivity contribution is -0.113. The molecule has 2 N–H and O–H groups in total. The first-order valence-corrected chi connectivity index (χ1v) is 15.5. The van der Waals surface area contributed by atoms with Crippen LogP contribution in [0.15, 0.2) is 77.7 Å². The number of anilines is 2. The van der Waals surface area contributed by atoms with Crippen LogP contribution >= 0.6 is 23.1 Å². The van der Waals surface area contributed by atoms with Gasteiger partial charge in [0.15, 0.2) is 11.5 Å². The van der Waals surface area contributed by atoms with Gasteiger partial charge in [0.2, 0.25) is 5.91 Å². The van der Waals surface area contributed by atoms with Crippen LogP contribution in [0.4, 0.5) is 10.7 Å². The van der Waals surface area contributed by atoms with Crippen LogP contribution in [-0.2, 0) is 22.4 Å². The van der Waals surface area contributed by atoms with Gasteiger partial charge in [0.05, 0.1) is 32.6 Å². The fourth-order valence-corrected chi connectivity index (χ4v) is 7.24. The van der Waals surface area contributed by atoms with Gasteiger partial charge in [0.1, 0.15) is 5.00 Å². The molecular formula is C33H32N2O6S2. The number of methoxy groups -OCH3 is 3. The Morgan fingerprint density at radius 1 is 0.907 bits per heavy atom. The fourth-order valence-electron chi connectivity index (χ4n) is 5.16. The summed E-state index contributed by atoms with van der Waals surface area (Å²) >= 11 is 2.80. The van der Waals surface area contributed by atoms with E-state index in [0.717, 1.165) is 34.6 Å². The molecule has 0 bridgehead atoms. The number of fused-ring (bicyclic) bond motifs is 1. The summed E-state index contributed by atoms with van der Waals surface area (Å²) in [5, 5.41) is 6.38. The summed E-state index contributed by atoms with van der Waals surface area (Å²) in [7, 11) is 4.41. The van der Waals surface area contributed by atoms with Crippen molar-refractivity contribution in [3.8, 4) is 11.5 Å². The van der Waals surface area contributed by atoms with Gasteiger partial charge in [-0.25, -0.2) is 4.79 Å². The number of hydrogen-bond donors (Lipinski definition) is 2. The SMILES string of the molecule is COC(=O)c1c(NC(=O)CSc2cccc(NC(=O)c3ccc(OC)c(OC)c3)c2)sc2c1CCC(c1ccccc1)C2. The molecule has 2 amide bonds. The van der Waals surface area contributed by atoms with Crippen LogP contribution in [-0.4, -0.2) is 44.9 Å². The molecule has 0 radical (unpaired) electrons. The number of thiophene rings is 1. The molecular weight excluding hydrogens is 585 g/mol. The van der Waals surface area contributed by atoms with Gasteiger partial charge >= 0.3 is 5.97 Å². The highest BCUT2D eigenvalue weighted by Crippen LogP contribution is 2.43. The molecule has 10 heteroatoms. The third kappa shape index (κ3) is 7.03. The van der Waals surface area contributed by atoms with Crippen LogP contribution in [0.25, 0.3) is 0 Å². The maximum absolute atomic E-state index is 13.0. The van der Waals surface area contributed by atoms with E-state index in [0.29, 0.717) is 39.2 Å². The molecule has 43 heavy (non-hydrogen) atoms. The van der Waals surface area contributed by atoms with Gasteiger partial charge in [-0.2, -0.15) is 0 Å². The molecule has 0 saturated heterocycles. The lowest BCUT2D eigenvalue weighted by atomic mass is 9.83. The van der Waals surface area contributed by atoms with Crippen LogP contribution in [0.1, 0.15) is 49.1 Å². The highest BCUT2D eigenvalue weighted by molar-refractivity contribution is 8.00. The molecule has 1 aliphatic rings.